The first-order valence-electron chi connectivity index (χ1n) is 19.5. The molecule has 8 aromatic carbocycles. The molecule has 0 bridgehead atoms. The number of hydrogen-bond acceptors (Lipinski definition) is 3. The largest absolute Gasteiger partial charge is 0.208 e. The maximum absolute atomic E-state index is 5.39. The minimum absolute atomic E-state index is 0.276. The first-order chi connectivity index (χ1) is 28.0. The van der Waals surface area contributed by atoms with Crippen molar-refractivity contribution in [3.8, 4) is 89.8 Å². The number of nitrogens with zero attached hydrogens (tertiary/aromatic N) is 3. The van der Waals surface area contributed by atoms with E-state index in [9.17, 15) is 0 Å². The van der Waals surface area contributed by atoms with Crippen LogP contribution in [0.5, 0.6) is 0 Å². The quantitative estimate of drug-likeness (QED) is 0.164. The third-order valence-corrected chi connectivity index (χ3v) is 11.3. The molecule has 0 spiro atoms. The molecule has 0 N–H and O–H groups in total. The minimum Gasteiger partial charge on any atom is -0.208 e. The molecule has 57 heavy (non-hydrogen) atoms. The normalized spacial score (nSPS) is 12.5. The van der Waals surface area contributed by atoms with E-state index in [1.807, 2.05) is 12.1 Å². The molecule has 270 valence electrons. The summed E-state index contributed by atoms with van der Waals surface area (Å²) in [5.41, 5.74) is 16.8. The zero-order valence-electron chi connectivity index (χ0n) is 31.9. The Kier molecular flexibility index (Phi) is 8.49. The van der Waals surface area contributed by atoms with E-state index < -0.39 is 0 Å². The number of benzene rings is 8. The number of rotatable bonds is 7. The predicted molar refractivity (Wildman–Crippen MR) is 235 cm³/mol. The molecular formula is C54H39N3. The molecule has 0 saturated heterocycles. The van der Waals surface area contributed by atoms with Crippen molar-refractivity contribution in [2.75, 3.05) is 0 Å². The maximum Gasteiger partial charge on any atom is 0.164 e. The minimum atomic E-state index is -0.276. The van der Waals surface area contributed by atoms with E-state index >= 15 is 0 Å². The highest BCUT2D eigenvalue weighted by Gasteiger charge is 2.38. The lowest BCUT2D eigenvalue weighted by molar-refractivity contribution is 0.661. The molecule has 1 aromatic heterocycles. The Labute approximate surface area is 334 Å². The van der Waals surface area contributed by atoms with E-state index in [0.717, 1.165) is 50.1 Å². The molecule has 3 heteroatoms. The van der Waals surface area contributed by atoms with Crippen molar-refractivity contribution in [1.29, 1.82) is 0 Å². The number of fused-ring (bicyclic) bond motifs is 3. The molecule has 0 fully saturated rings. The first-order valence-corrected chi connectivity index (χ1v) is 19.5. The van der Waals surface area contributed by atoms with Gasteiger partial charge in [-0.3, -0.25) is 0 Å². The lowest BCUT2D eigenvalue weighted by Crippen LogP contribution is -2.15. The van der Waals surface area contributed by atoms with Crippen LogP contribution >= 0.6 is 0 Å². The summed E-state index contributed by atoms with van der Waals surface area (Å²) in [6, 6.07) is 70.9. The molecule has 0 atom stereocenters. The standard InChI is InChI=1S/C54H39N3/c1-54(2)48-34-42(38-21-11-5-12-22-38)29-30-46(48)50-47(33-45(35-49(50)54)39-23-13-6-14-24-39)53-56-51(43-27-15-25-40(31-43)36-17-7-3-8-18-36)55-52(57-53)44-28-16-26-41(32-44)37-19-9-4-10-20-37/h3-35H,1-2H3. The molecule has 0 aliphatic heterocycles. The van der Waals surface area contributed by atoms with Crippen LogP contribution in [-0.4, -0.2) is 15.0 Å². The Morgan fingerprint density at radius 3 is 1.16 bits per heavy atom. The van der Waals surface area contributed by atoms with Crippen molar-refractivity contribution in [1.82, 2.24) is 15.0 Å². The Morgan fingerprint density at radius 2 is 0.667 bits per heavy atom. The van der Waals surface area contributed by atoms with E-state index in [2.05, 4.69) is 202 Å². The zero-order chi connectivity index (χ0) is 38.3. The Morgan fingerprint density at radius 1 is 0.281 bits per heavy atom. The molecule has 1 aliphatic rings. The summed E-state index contributed by atoms with van der Waals surface area (Å²) in [5, 5.41) is 0. The van der Waals surface area contributed by atoms with E-state index in [4.69, 9.17) is 15.0 Å². The van der Waals surface area contributed by atoms with Gasteiger partial charge >= 0.3 is 0 Å². The van der Waals surface area contributed by atoms with Crippen molar-refractivity contribution >= 4 is 0 Å². The van der Waals surface area contributed by atoms with Crippen LogP contribution in [0.25, 0.3) is 89.8 Å². The second-order valence-electron chi connectivity index (χ2n) is 15.3. The Hall–Kier alpha value is -7.23. The molecule has 10 rings (SSSR count). The average Bonchev–Trinajstić information content (AvgIpc) is 3.52. The van der Waals surface area contributed by atoms with E-state index in [0.29, 0.717) is 17.5 Å². The van der Waals surface area contributed by atoms with Crippen molar-refractivity contribution in [3.63, 3.8) is 0 Å². The van der Waals surface area contributed by atoms with Crippen molar-refractivity contribution in [3.05, 3.63) is 211 Å². The van der Waals surface area contributed by atoms with E-state index in [1.54, 1.807) is 0 Å². The fourth-order valence-electron chi connectivity index (χ4n) is 8.32. The van der Waals surface area contributed by atoms with Crippen LogP contribution < -0.4 is 0 Å². The third-order valence-electron chi connectivity index (χ3n) is 11.3. The topological polar surface area (TPSA) is 38.7 Å². The monoisotopic (exact) mass is 729 g/mol. The van der Waals surface area contributed by atoms with Gasteiger partial charge < -0.3 is 0 Å². The summed E-state index contributed by atoms with van der Waals surface area (Å²) in [4.78, 5) is 16.0. The van der Waals surface area contributed by atoms with Crippen LogP contribution in [0, 0.1) is 0 Å². The summed E-state index contributed by atoms with van der Waals surface area (Å²) in [7, 11) is 0. The average molecular weight is 730 g/mol. The highest BCUT2D eigenvalue weighted by Crippen LogP contribution is 2.54. The van der Waals surface area contributed by atoms with Crippen LogP contribution in [0.2, 0.25) is 0 Å². The van der Waals surface area contributed by atoms with Crippen LogP contribution in [-0.2, 0) is 5.41 Å². The lowest BCUT2D eigenvalue weighted by atomic mass is 9.80. The molecule has 0 saturated carbocycles. The summed E-state index contributed by atoms with van der Waals surface area (Å²) in [5.74, 6) is 1.91. The number of hydrogen-bond donors (Lipinski definition) is 0. The molecule has 0 unspecified atom stereocenters. The van der Waals surface area contributed by atoms with Gasteiger partial charge in [-0.1, -0.05) is 184 Å². The maximum atomic E-state index is 5.39. The van der Waals surface area contributed by atoms with Gasteiger partial charge in [-0.2, -0.15) is 0 Å². The van der Waals surface area contributed by atoms with Gasteiger partial charge in [-0.05, 0) is 97.1 Å². The van der Waals surface area contributed by atoms with Gasteiger partial charge in [0.1, 0.15) is 0 Å². The molecular weight excluding hydrogens is 691 g/mol. The summed E-state index contributed by atoms with van der Waals surface area (Å²) >= 11 is 0. The summed E-state index contributed by atoms with van der Waals surface area (Å²) < 4.78 is 0. The fraction of sp³-hybridized carbons (Fsp3) is 0.0556. The molecule has 9 aromatic rings. The second kappa shape index (κ2) is 14.1. The van der Waals surface area contributed by atoms with Gasteiger partial charge in [-0.15, -0.1) is 0 Å². The number of aromatic nitrogens is 3. The van der Waals surface area contributed by atoms with Gasteiger partial charge in [0.15, 0.2) is 17.5 Å². The molecule has 0 radical (unpaired) electrons. The summed E-state index contributed by atoms with van der Waals surface area (Å²) in [6.07, 6.45) is 0. The first kappa shape index (κ1) is 34.3. The molecule has 3 nitrogen and oxygen atoms in total. The molecule has 1 heterocycles. The smallest absolute Gasteiger partial charge is 0.164 e. The van der Waals surface area contributed by atoms with Gasteiger partial charge in [0.2, 0.25) is 0 Å². The van der Waals surface area contributed by atoms with E-state index in [-0.39, 0.29) is 5.41 Å². The van der Waals surface area contributed by atoms with Crippen molar-refractivity contribution in [2.24, 2.45) is 0 Å². The Balaban J connectivity index is 1.23. The SMILES string of the molecule is CC1(C)c2cc(-c3ccccc3)ccc2-c2c(-c3nc(-c4cccc(-c5ccccc5)c4)nc(-c4cccc(-c5ccccc5)c4)n3)cc(-c3ccccc3)cc21. The summed E-state index contributed by atoms with van der Waals surface area (Å²) in [6.45, 7) is 4.69. The fourth-order valence-corrected chi connectivity index (χ4v) is 8.32. The van der Waals surface area contributed by atoms with Gasteiger partial charge in [0.25, 0.3) is 0 Å². The van der Waals surface area contributed by atoms with Crippen molar-refractivity contribution < 1.29 is 0 Å². The molecule has 1 aliphatic carbocycles. The van der Waals surface area contributed by atoms with Gasteiger partial charge in [-0.25, -0.2) is 15.0 Å². The van der Waals surface area contributed by atoms with Gasteiger partial charge in [0.05, 0.1) is 0 Å². The van der Waals surface area contributed by atoms with Crippen LogP contribution in [0.15, 0.2) is 200 Å². The Bertz CT molecular complexity index is 2800. The lowest BCUT2D eigenvalue weighted by Gasteiger charge is -2.23. The second-order valence-corrected chi connectivity index (χ2v) is 15.3. The highest BCUT2D eigenvalue weighted by molar-refractivity contribution is 5.95. The third kappa shape index (κ3) is 6.33. The zero-order valence-corrected chi connectivity index (χ0v) is 31.9. The molecule has 0 amide bonds. The van der Waals surface area contributed by atoms with Gasteiger partial charge in [0, 0.05) is 22.1 Å². The highest BCUT2D eigenvalue weighted by atomic mass is 15.0. The van der Waals surface area contributed by atoms with Crippen LogP contribution in [0.1, 0.15) is 25.0 Å². The van der Waals surface area contributed by atoms with Crippen molar-refractivity contribution in [2.45, 2.75) is 19.3 Å². The predicted octanol–water partition coefficient (Wildman–Crippen LogP) is 13.8. The van der Waals surface area contributed by atoms with Crippen LogP contribution in [0.3, 0.4) is 0 Å². The van der Waals surface area contributed by atoms with Crippen LogP contribution in [0.4, 0.5) is 0 Å². The van der Waals surface area contributed by atoms with E-state index in [1.165, 1.54) is 33.4 Å².